The van der Waals surface area contributed by atoms with E-state index in [0.717, 1.165) is 22.3 Å². The Balaban J connectivity index is 1.65. The molecule has 0 saturated heterocycles. The number of carboxylic acids is 1. The van der Waals surface area contributed by atoms with Gasteiger partial charge >= 0.3 is 12.1 Å². The van der Waals surface area contributed by atoms with Gasteiger partial charge in [-0.3, -0.25) is 4.79 Å². The number of carbonyl (C=O) groups excluding carboxylic acids is 2. The van der Waals surface area contributed by atoms with Crippen LogP contribution in [0.3, 0.4) is 0 Å². The molecule has 3 rings (SSSR count). The lowest BCUT2D eigenvalue weighted by Gasteiger charge is -2.24. The zero-order chi connectivity index (χ0) is 23.3. The van der Waals surface area contributed by atoms with Crippen LogP contribution in [-0.4, -0.2) is 41.8 Å². The minimum Gasteiger partial charge on any atom is -0.480 e. The lowest BCUT2D eigenvalue weighted by Crippen LogP contribution is -2.53. The molecule has 0 fully saturated rings. The van der Waals surface area contributed by atoms with Crippen LogP contribution in [0.2, 0.25) is 0 Å². The number of carboxylic acid groups (broad SMARTS) is 1. The van der Waals surface area contributed by atoms with Crippen molar-refractivity contribution in [1.29, 1.82) is 0 Å². The van der Waals surface area contributed by atoms with Crippen molar-refractivity contribution in [2.45, 2.75) is 51.6 Å². The molecule has 7 nitrogen and oxygen atoms in total. The highest BCUT2D eigenvalue weighted by molar-refractivity contribution is 5.89. The van der Waals surface area contributed by atoms with Crippen molar-refractivity contribution >= 4 is 18.0 Å². The summed E-state index contributed by atoms with van der Waals surface area (Å²) in [6, 6.07) is 14.2. The molecule has 0 saturated carbocycles. The molecule has 0 bridgehead atoms. The van der Waals surface area contributed by atoms with Crippen molar-refractivity contribution in [1.82, 2.24) is 10.6 Å². The molecular formula is C25H30N2O5. The van der Waals surface area contributed by atoms with Crippen molar-refractivity contribution in [2.75, 3.05) is 6.61 Å². The molecule has 3 N–H and O–H groups in total. The summed E-state index contributed by atoms with van der Waals surface area (Å²) in [4.78, 5) is 36.6. The molecule has 2 aromatic carbocycles. The Morgan fingerprint density at radius 2 is 1.53 bits per heavy atom. The SMILES string of the molecule is CCC[C@H](NC(=O)C(NC(=O)OCC1c2ccccc2-c2ccccc21)C(C)C)C(=O)O. The molecule has 2 atom stereocenters. The van der Waals surface area contributed by atoms with Crippen molar-refractivity contribution in [3.05, 3.63) is 59.7 Å². The molecule has 0 aliphatic heterocycles. The highest BCUT2D eigenvalue weighted by Crippen LogP contribution is 2.44. The molecule has 2 amide bonds. The van der Waals surface area contributed by atoms with Gasteiger partial charge in [0.15, 0.2) is 0 Å². The topological polar surface area (TPSA) is 105 Å². The van der Waals surface area contributed by atoms with E-state index in [-0.39, 0.29) is 18.4 Å². The van der Waals surface area contributed by atoms with Crippen LogP contribution in [-0.2, 0) is 14.3 Å². The zero-order valence-electron chi connectivity index (χ0n) is 18.6. The Labute approximate surface area is 188 Å². The van der Waals surface area contributed by atoms with Gasteiger partial charge in [0.25, 0.3) is 0 Å². The third-order valence-electron chi connectivity index (χ3n) is 5.76. The van der Waals surface area contributed by atoms with Gasteiger partial charge in [-0.25, -0.2) is 9.59 Å². The minimum atomic E-state index is -1.09. The molecular weight excluding hydrogens is 408 g/mol. The predicted octanol–water partition coefficient (Wildman–Crippen LogP) is 3.92. The summed E-state index contributed by atoms with van der Waals surface area (Å²) >= 11 is 0. The molecule has 1 unspecified atom stereocenters. The standard InChI is InChI=1S/C25H30N2O5/c1-4-9-21(24(29)30)26-23(28)22(15(2)3)27-25(31)32-14-20-18-12-7-5-10-16(18)17-11-6-8-13-19(17)20/h5-8,10-13,15,20-22H,4,9,14H2,1-3H3,(H,26,28)(H,27,31)(H,29,30)/t21-,22?/m0/s1. The summed E-state index contributed by atoms with van der Waals surface area (Å²) in [6.45, 7) is 5.55. The molecule has 7 heteroatoms. The molecule has 0 radical (unpaired) electrons. The van der Waals surface area contributed by atoms with E-state index in [9.17, 15) is 19.5 Å². The first-order valence-corrected chi connectivity index (χ1v) is 11.0. The van der Waals surface area contributed by atoms with Crippen LogP contribution in [0.5, 0.6) is 0 Å². The molecule has 2 aromatic rings. The van der Waals surface area contributed by atoms with Gasteiger partial charge in [0, 0.05) is 5.92 Å². The highest BCUT2D eigenvalue weighted by atomic mass is 16.5. The zero-order valence-corrected chi connectivity index (χ0v) is 18.6. The summed E-state index contributed by atoms with van der Waals surface area (Å²) in [5.74, 6) is -1.95. The second-order valence-electron chi connectivity index (χ2n) is 8.38. The Morgan fingerprint density at radius 1 is 0.969 bits per heavy atom. The van der Waals surface area contributed by atoms with Crippen LogP contribution in [0.4, 0.5) is 4.79 Å². The Hall–Kier alpha value is -3.35. The fourth-order valence-electron chi connectivity index (χ4n) is 4.11. The first-order valence-electron chi connectivity index (χ1n) is 11.0. The third kappa shape index (κ3) is 5.10. The van der Waals surface area contributed by atoms with Gasteiger partial charge < -0.3 is 20.5 Å². The van der Waals surface area contributed by atoms with Crippen LogP contribution in [0.1, 0.15) is 50.7 Å². The van der Waals surface area contributed by atoms with E-state index in [1.165, 1.54) is 0 Å². The van der Waals surface area contributed by atoms with E-state index in [1.807, 2.05) is 43.3 Å². The molecule has 0 spiro atoms. The molecule has 1 aliphatic rings. The largest absolute Gasteiger partial charge is 0.480 e. The van der Waals surface area contributed by atoms with Gasteiger partial charge in [-0.15, -0.1) is 0 Å². The number of amides is 2. The first kappa shape index (κ1) is 23.3. The summed E-state index contributed by atoms with van der Waals surface area (Å²) in [5.41, 5.74) is 4.46. The first-order chi connectivity index (χ1) is 15.3. The maximum atomic E-state index is 12.7. The second kappa shape index (κ2) is 10.3. The maximum absolute atomic E-state index is 12.7. The Morgan fingerprint density at radius 3 is 2.03 bits per heavy atom. The van der Waals surface area contributed by atoms with E-state index in [1.54, 1.807) is 13.8 Å². The number of fused-ring (bicyclic) bond motifs is 3. The van der Waals surface area contributed by atoms with E-state index >= 15 is 0 Å². The number of benzene rings is 2. The second-order valence-corrected chi connectivity index (χ2v) is 8.38. The monoisotopic (exact) mass is 438 g/mol. The average molecular weight is 439 g/mol. The number of nitrogens with one attached hydrogen (secondary N) is 2. The molecule has 170 valence electrons. The maximum Gasteiger partial charge on any atom is 0.407 e. The number of carbonyl (C=O) groups is 3. The predicted molar refractivity (Wildman–Crippen MR) is 121 cm³/mol. The molecule has 0 heterocycles. The smallest absolute Gasteiger partial charge is 0.407 e. The van der Waals surface area contributed by atoms with Crippen LogP contribution in [0.15, 0.2) is 48.5 Å². The minimum absolute atomic E-state index is 0.0829. The van der Waals surface area contributed by atoms with Crippen molar-refractivity contribution in [3.63, 3.8) is 0 Å². The van der Waals surface area contributed by atoms with Crippen molar-refractivity contribution < 1.29 is 24.2 Å². The summed E-state index contributed by atoms with van der Waals surface area (Å²) in [6.07, 6.45) is 0.225. The van der Waals surface area contributed by atoms with Gasteiger partial charge in [-0.05, 0) is 34.6 Å². The fourth-order valence-corrected chi connectivity index (χ4v) is 4.11. The molecule has 1 aliphatic carbocycles. The third-order valence-corrected chi connectivity index (χ3v) is 5.76. The summed E-state index contributed by atoms with van der Waals surface area (Å²) < 4.78 is 5.52. The van der Waals surface area contributed by atoms with E-state index in [0.29, 0.717) is 12.8 Å². The van der Waals surface area contributed by atoms with E-state index in [4.69, 9.17) is 4.74 Å². The normalized spacial score (nSPS) is 14.2. The number of hydrogen-bond acceptors (Lipinski definition) is 4. The van der Waals surface area contributed by atoms with Gasteiger partial charge in [0.05, 0.1) is 0 Å². The lowest BCUT2D eigenvalue weighted by atomic mass is 9.98. The number of aliphatic carboxylic acids is 1. The van der Waals surface area contributed by atoms with E-state index in [2.05, 4.69) is 22.8 Å². The van der Waals surface area contributed by atoms with Gasteiger partial charge in [-0.1, -0.05) is 75.7 Å². The number of ether oxygens (including phenoxy) is 1. The average Bonchev–Trinajstić information content (AvgIpc) is 3.09. The van der Waals surface area contributed by atoms with Crippen LogP contribution in [0, 0.1) is 5.92 Å². The summed E-state index contributed by atoms with van der Waals surface area (Å²) in [5, 5.41) is 14.4. The van der Waals surface area contributed by atoms with Crippen molar-refractivity contribution in [2.24, 2.45) is 5.92 Å². The lowest BCUT2D eigenvalue weighted by molar-refractivity contribution is -0.142. The van der Waals surface area contributed by atoms with Gasteiger partial charge in [-0.2, -0.15) is 0 Å². The number of hydrogen-bond donors (Lipinski definition) is 3. The Bertz CT molecular complexity index is 942. The number of alkyl carbamates (subject to hydrolysis) is 1. The van der Waals surface area contributed by atoms with Crippen LogP contribution in [0.25, 0.3) is 11.1 Å². The van der Waals surface area contributed by atoms with Gasteiger partial charge in [0.1, 0.15) is 18.7 Å². The number of rotatable bonds is 9. The van der Waals surface area contributed by atoms with E-state index < -0.39 is 30.1 Å². The molecule has 32 heavy (non-hydrogen) atoms. The molecule has 0 aromatic heterocycles. The van der Waals surface area contributed by atoms with Crippen molar-refractivity contribution in [3.8, 4) is 11.1 Å². The Kier molecular flexibility index (Phi) is 7.51. The highest BCUT2D eigenvalue weighted by Gasteiger charge is 2.31. The van der Waals surface area contributed by atoms with Crippen LogP contribution < -0.4 is 10.6 Å². The van der Waals surface area contributed by atoms with Crippen LogP contribution >= 0.6 is 0 Å². The van der Waals surface area contributed by atoms with Gasteiger partial charge in [0.2, 0.25) is 5.91 Å². The summed E-state index contributed by atoms with van der Waals surface area (Å²) in [7, 11) is 0. The fraction of sp³-hybridized carbons (Fsp3) is 0.400. The quantitative estimate of drug-likeness (QED) is 0.550.